The summed E-state index contributed by atoms with van der Waals surface area (Å²) in [5.74, 6) is 0.599. The average molecular weight is 195 g/mol. The van der Waals surface area contributed by atoms with Gasteiger partial charge in [-0.25, -0.2) is 0 Å². The molecule has 80 valence electrons. The highest BCUT2D eigenvalue weighted by Crippen LogP contribution is 2.27. The lowest BCUT2D eigenvalue weighted by molar-refractivity contribution is 0.363. The molecule has 1 rings (SSSR count). The van der Waals surface area contributed by atoms with E-state index in [1.165, 1.54) is 25.7 Å². The van der Waals surface area contributed by atoms with E-state index >= 15 is 0 Å². The fourth-order valence-corrected chi connectivity index (χ4v) is 2.05. The molecule has 0 amide bonds. The maximum Gasteiger partial charge on any atom is 0.0981 e. The highest BCUT2D eigenvalue weighted by Gasteiger charge is 2.23. The minimum absolute atomic E-state index is 0.0810. The van der Waals surface area contributed by atoms with Crippen LogP contribution in [0, 0.1) is 17.2 Å². The van der Waals surface area contributed by atoms with E-state index in [-0.39, 0.29) is 6.04 Å². The van der Waals surface area contributed by atoms with Crippen LogP contribution in [0.1, 0.15) is 25.7 Å². The molecule has 1 N–H and O–H groups in total. The quantitative estimate of drug-likeness (QED) is 0.717. The Morgan fingerprint density at radius 1 is 1.43 bits per heavy atom. The van der Waals surface area contributed by atoms with Crippen LogP contribution in [0.5, 0.6) is 0 Å². The average Bonchev–Trinajstić information content (AvgIpc) is 2.64. The summed E-state index contributed by atoms with van der Waals surface area (Å²) < 4.78 is 0. The van der Waals surface area contributed by atoms with E-state index in [0.717, 1.165) is 13.1 Å². The Bertz CT molecular complexity index is 189. The van der Waals surface area contributed by atoms with Crippen LogP contribution >= 0.6 is 0 Å². The van der Waals surface area contributed by atoms with Crippen molar-refractivity contribution in [3.63, 3.8) is 0 Å². The lowest BCUT2D eigenvalue weighted by Gasteiger charge is -2.19. The van der Waals surface area contributed by atoms with Gasteiger partial charge in [0.2, 0.25) is 0 Å². The molecule has 1 aliphatic rings. The molecule has 14 heavy (non-hydrogen) atoms. The first-order valence-electron chi connectivity index (χ1n) is 5.51. The van der Waals surface area contributed by atoms with Gasteiger partial charge in [0.15, 0.2) is 0 Å². The highest BCUT2D eigenvalue weighted by molar-refractivity contribution is 4.96. The normalized spacial score (nSPS) is 19.9. The van der Waals surface area contributed by atoms with Crippen LogP contribution in [-0.2, 0) is 0 Å². The van der Waals surface area contributed by atoms with E-state index in [2.05, 4.69) is 30.4 Å². The molecule has 0 bridgehead atoms. The number of hydrogen-bond donors (Lipinski definition) is 1. The zero-order chi connectivity index (χ0) is 10.4. The van der Waals surface area contributed by atoms with Gasteiger partial charge in [-0.15, -0.1) is 0 Å². The van der Waals surface area contributed by atoms with Crippen molar-refractivity contribution < 1.29 is 0 Å². The molecule has 1 aliphatic carbocycles. The molecule has 0 spiro atoms. The molecule has 0 heterocycles. The molecule has 3 heteroatoms. The van der Waals surface area contributed by atoms with E-state index in [0.29, 0.717) is 5.92 Å². The molecule has 0 radical (unpaired) electrons. The molecular formula is C11H21N3. The number of nitriles is 1. The van der Waals surface area contributed by atoms with Crippen molar-refractivity contribution in [3.8, 4) is 6.07 Å². The van der Waals surface area contributed by atoms with Crippen molar-refractivity contribution in [3.05, 3.63) is 0 Å². The maximum absolute atomic E-state index is 9.03. The monoisotopic (exact) mass is 195 g/mol. The lowest BCUT2D eigenvalue weighted by atomic mass is 9.99. The van der Waals surface area contributed by atoms with Crippen molar-refractivity contribution >= 4 is 0 Å². The van der Waals surface area contributed by atoms with Crippen molar-refractivity contribution in [2.75, 3.05) is 27.2 Å². The largest absolute Gasteiger partial charge is 0.308 e. The van der Waals surface area contributed by atoms with Gasteiger partial charge in [-0.1, -0.05) is 12.8 Å². The standard InChI is InChI=1S/C11H21N3/c1-14(2)8-7-13-11(9-12)10-5-3-4-6-10/h10-11,13H,3-8H2,1-2H3. The Morgan fingerprint density at radius 2 is 2.07 bits per heavy atom. The summed E-state index contributed by atoms with van der Waals surface area (Å²) in [4.78, 5) is 2.14. The van der Waals surface area contributed by atoms with Gasteiger partial charge in [0.05, 0.1) is 12.1 Å². The number of likely N-dealkylation sites (N-methyl/N-ethyl adjacent to an activating group) is 1. The second-order valence-corrected chi connectivity index (χ2v) is 4.41. The Hall–Kier alpha value is -0.590. The third kappa shape index (κ3) is 3.65. The predicted octanol–water partition coefficient (Wildman–Crippen LogP) is 1.22. The molecule has 0 aromatic heterocycles. The summed E-state index contributed by atoms with van der Waals surface area (Å²) in [5, 5.41) is 12.4. The van der Waals surface area contributed by atoms with Gasteiger partial charge in [0.25, 0.3) is 0 Å². The summed E-state index contributed by atoms with van der Waals surface area (Å²) in [5.41, 5.74) is 0. The van der Waals surface area contributed by atoms with Gasteiger partial charge in [-0.2, -0.15) is 5.26 Å². The third-order valence-electron chi connectivity index (χ3n) is 2.93. The molecule has 1 unspecified atom stereocenters. The van der Waals surface area contributed by atoms with E-state index in [9.17, 15) is 0 Å². The Morgan fingerprint density at radius 3 is 2.57 bits per heavy atom. The fraction of sp³-hybridized carbons (Fsp3) is 0.909. The molecule has 0 aromatic rings. The zero-order valence-electron chi connectivity index (χ0n) is 9.29. The van der Waals surface area contributed by atoms with Crippen LogP contribution in [0.15, 0.2) is 0 Å². The second kappa shape index (κ2) is 6.00. The maximum atomic E-state index is 9.03. The van der Waals surface area contributed by atoms with E-state index in [1.807, 2.05) is 0 Å². The molecule has 0 aliphatic heterocycles. The molecular weight excluding hydrogens is 174 g/mol. The summed E-state index contributed by atoms with van der Waals surface area (Å²) in [6, 6.07) is 2.47. The fourth-order valence-electron chi connectivity index (χ4n) is 2.05. The summed E-state index contributed by atoms with van der Waals surface area (Å²) >= 11 is 0. The Labute approximate surface area is 87.1 Å². The molecule has 1 saturated carbocycles. The van der Waals surface area contributed by atoms with Gasteiger partial charge >= 0.3 is 0 Å². The van der Waals surface area contributed by atoms with Gasteiger partial charge in [-0.05, 0) is 32.9 Å². The third-order valence-corrected chi connectivity index (χ3v) is 2.93. The predicted molar refractivity (Wildman–Crippen MR) is 57.9 cm³/mol. The van der Waals surface area contributed by atoms with Crippen LogP contribution < -0.4 is 5.32 Å². The first kappa shape index (κ1) is 11.5. The molecule has 0 saturated heterocycles. The molecule has 0 aromatic carbocycles. The highest BCUT2D eigenvalue weighted by atomic mass is 15.1. The number of nitrogens with one attached hydrogen (secondary N) is 1. The smallest absolute Gasteiger partial charge is 0.0981 e. The first-order chi connectivity index (χ1) is 6.74. The van der Waals surface area contributed by atoms with Crippen molar-refractivity contribution in [2.45, 2.75) is 31.7 Å². The molecule has 3 nitrogen and oxygen atoms in total. The van der Waals surface area contributed by atoms with Crippen LogP contribution in [0.25, 0.3) is 0 Å². The zero-order valence-corrected chi connectivity index (χ0v) is 9.29. The summed E-state index contributed by atoms with van der Waals surface area (Å²) in [7, 11) is 4.11. The van der Waals surface area contributed by atoms with Gasteiger partial charge in [-0.3, -0.25) is 0 Å². The lowest BCUT2D eigenvalue weighted by Crippen LogP contribution is -2.38. The van der Waals surface area contributed by atoms with Crippen molar-refractivity contribution in [1.29, 1.82) is 5.26 Å². The second-order valence-electron chi connectivity index (χ2n) is 4.41. The minimum Gasteiger partial charge on any atom is -0.308 e. The number of hydrogen-bond acceptors (Lipinski definition) is 3. The number of nitrogens with zero attached hydrogens (tertiary/aromatic N) is 2. The van der Waals surface area contributed by atoms with Crippen LogP contribution in [0.2, 0.25) is 0 Å². The van der Waals surface area contributed by atoms with Gasteiger partial charge in [0.1, 0.15) is 0 Å². The molecule has 1 fully saturated rings. The van der Waals surface area contributed by atoms with Crippen molar-refractivity contribution in [1.82, 2.24) is 10.2 Å². The van der Waals surface area contributed by atoms with E-state index in [1.54, 1.807) is 0 Å². The van der Waals surface area contributed by atoms with Crippen LogP contribution in [0.4, 0.5) is 0 Å². The number of rotatable bonds is 5. The van der Waals surface area contributed by atoms with Crippen LogP contribution in [-0.4, -0.2) is 38.1 Å². The first-order valence-corrected chi connectivity index (χ1v) is 5.51. The molecule has 1 atom stereocenters. The topological polar surface area (TPSA) is 39.1 Å². The summed E-state index contributed by atoms with van der Waals surface area (Å²) in [6.07, 6.45) is 5.07. The van der Waals surface area contributed by atoms with Crippen LogP contribution in [0.3, 0.4) is 0 Å². The minimum atomic E-state index is 0.0810. The Kier molecular flexibility index (Phi) is 4.92. The van der Waals surface area contributed by atoms with Crippen molar-refractivity contribution in [2.24, 2.45) is 5.92 Å². The Balaban J connectivity index is 2.21. The SMILES string of the molecule is CN(C)CCNC(C#N)C1CCCC1. The van der Waals surface area contributed by atoms with Gasteiger partial charge in [0, 0.05) is 13.1 Å². The van der Waals surface area contributed by atoms with E-state index in [4.69, 9.17) is 5.26 Å². The van der Waals surface area contributed by atoms with Gasteiger partial charge < -0.3 is 10.2 Å². The summed E-state index contributed by atoms with van der Waals surface area (Å²) in [6.45, 7) is 1.92. The van der Waals surface area contributed by atoms with E-state index < -0.39 is 0 Å².